The Hall–Kier alpha value is -3.66. The maximum absolute atomic E-state index is 14.9. The van der Waals surface area contributed by atoms with Crippen LogP contribution in [0.3, 0.4) is 0 Å². The van der Waals surface area contributed by atoms with Gasteiger partial charge in [0.05, 0.1) is 11.0 Å². The molecule has 4 heteroatoms. The second-order valence-electron chi connectivity index (χ2n) is 6.84. The summed E-state index contributed by atoms with van der Waals surface area (Å²) in [7, 11) is 0. The van der Waals surface area contributed by atoms with Gasteiger partial charge >= 0.3 is 0 Å². The number of amides is 1. The van der Waals surface area contributed by atoms with Crippen LogP contribution in [0.4, 0.5) is 4.39 Å². The van der Waals surface area contributed by atoms with Gasteiger partial charge < -0.3 is 10.3 Å². The molecule has 1 amide bonds. The van der Waals surface area contributed by atoms with E-state index in [1.807, 2.05) is 34.9 Å². The number of hydrogen-bond donors (Lipinski definition) is 1. The first-order chi connectivity index (χ1) is 13.6. The fourth-order valence-corrected chi connectivity index (χ4v) is 4.04. The first kappa shape index (κ1) is 16.5. The monoisotopic (exact) mass is 367 g/mol. The number of halogens is 1. The average Bonchev–Trinajstić information content (AvgIpc) is 3.03. The van der Waals surface area contributed by atoms with Crippen LogP contribution in [0.5, 0.6) is 0 Å². The normalized spacial score (nSPS) is 11.5. The number of hydrogen-bond acceptors (Lipinski definition) is 1. The zero-order valence-electron chi connectivity index (χ0n) is 14.9. The quantitative estimate of drug-likeness (QED) is 0.477. The summed E-state index contributed by atoms with van der Waals surface area (Å²) in [6.07, 6.45) is 0. The zero-order chi connectivity index (χ0) is 19.3. The number of primary amides is 1. The lowest BCUT2D eigenvalue weighted by Gasteiger charge is -2.11. The summed E-state index contributed by atoms with van der Waals surface area (Å²) in [5.41, 5.74) is 8.23. The maximum Gasteiger partial charge on any atom is 0.249 e. The van der Waals surface area contributed by atoms with Crippen molar-refractivity contribution in [3.8, 4) is 0 Å². The molecule has 0 saturated heterocycles. The third kappa shape index (κ3) is 2.38. The van der Waals surface area contributed by atoms with E-state index in [4.69, 9.17) is 5.73 Å². The molecule has 0 aliphatic rings. The number of rotatable bonds is 3. The third-order valence-corrected chi connectivity index (χ3v) is 5.25. The van der Waals surface area contributed by atoms with Crippen molar-refractivity contribution in [2.75, 3.05) is 0 Å². The highest BCUT2D eigenvalue weighted by molar-refractivity contribution is 6.17. The highest BCUT2D eigenvalue weighted by Crippen LogP contribution is 2.34. The van der Waals surface area contributed by atoms with Crippen LogP contribution in [0, 0.1) is 11.9 Å². The molecule has 1 radical (unpaired) electrons. The van der Waals surface area contributed by atoms with E-state index in [0.29, 0.717) is 28.4 Å². The molecule has 0 unspecified atom stereocenters. The lowest BCUT2D eigenvalue weighted by molar-refractivity contribution is 0.100. The first-order valence-electron chi connectivity index (χ1n) is 9.02. The molecule has 5 aromatic rings. The molecular formula is C24H16FN2O. The fourth-order valence-electron chi connectivity index (χ4n) is 4.04. The van der Waals surface area contributed by atoms with Gasteiger partial charge in [-0.3, -0.25) is 4.79 Å². The van der Waals surface area contributed by atoms with Gasteiger partial charge in [-0.25, -0.2) is 4.39 Å². The summed E-state index contributed by atoms with van der Waals surface area (Å²) in [6, 6.07) is 25.6. The largest absolute Gasteiger partial charge is 0.366 e. The fraction of sp³-hybridized carbons (Fsp3) is 0.0417. The third-order valence-electron chi connectivity index (χ3n) is 5.25. The van der Waals surface area contributed by atoms with Gasteiger partial charge in [0.1, 0.15) is 5.82 Å². The summed E-state index contributed by atoms with van der Waals surface area (Å²) < 4.78 is 16.8. The van der Waals surface area contributed by atoms with E-state index in [9.17, 15) is 9.18 Å². The minimum Gasteiger partial charge on any atom is -0.366 e. The summed E-state index contributed by atoms with van der Waals surface area (Å²) in [4.78, 5) is 12.0. The summed E-state index contributed by atoms with van der Waals surface area (Å²) in [5, 5.41) is 3.46. The lowest BCUT2D eigenvalue weighted by atomic mass is 10.0. The van der Waals surface area contributed by atoms with E-state index in [-0.39, 0.29) is 5.82 Å². The summed E-state index contributed by atoms with van der Waals surface area (Å²) in [6.45, 7) is 0.471. The predicted molar refractivity (Wildman–Crippen MR) is 110 cm³/mol. The Bertz CT molecular complexity index is 1380. The topological polar surface area (TPSA) is 48.0 Å². The van der Waals surface area contributed by atoms with Gasteiger partial charge in [0, 0.05) is 22.9 Å². The van der Waals surface area contributed by atoms with Gasteiger partial charge in [0.25, 0.3) is 0 Å². The SMILES string of the molecule is NC(=O)c1cccc2c1c1[c]ccc(F)c1n2Cc1cccc2ccccc12. The number of aromatic nitrogens is 1. The average molecular weight is 367 g/mol. The Balaban J connectivity index is 1.86. The van der Waals surface area contributed by atoms with Crippen LogP contribution in [-0.4, -0.2) is 10.5 Å². The van der Waals surface area contributed by atoms with E-state index >= 15 is 0 Å². The van der Waals surface area contributed by atoms with Crippen LogP contribution < -0.4 is 5.73 Å². The van der Waals surface area contributed by atoms with E-state index in [1.165, 1.54) is 12.1 Å². The predicted octanol–water partition coefficient (Wildman–Crippen LogP) is 5.03. The van der Waals surface area contributed by atoms with Crippen LogP contribution in [0.1, 0.15) is 15.9 Å². The Morgan fingerprint density at radius 2 is 1.79 bits per heavy atom. The minimum atomic E-state index is -0.535. The second kappa shape index (κ2) is 6.20. The summed E-state index contributed by atoms with van der Waals surface area (Å²) >= 11 is 0. The van der Waals surface area contributed by atoms with Crippen LogP contribution in [0.15, 0.2) is 72.8 Å². The van der Waals surface area contributed by atoms with Crippen molar-refractivity contribution in [1.29, 1.82) is 0 Å². The minimum absolute atomic E-state index is 0.347. The van der Waals surface area contributed by atoms with Crippen molar-refractivity contribution in [1.82, 2.24) is 4.57 Å². The highest BCUT2D eigenvalue weighted by atomic mass is 19.1. The van der Waals surface area contributed by atoms with Gasteiger partial charge in [-0.05, 0) is 40.6 Å². The van der Waals surface area contributed by atoms with Crippen LogP contribution in [0.25, 0.3) is 32.6 Å². The van der Waals surface area contributed by atoms with Crippen LogP contribution >= 0.6 is 0 Å². The van der Waals surface area contributed by atoms with Gasteiger partial charge in [-0.1, -0.05) is 54.6 Å². The number of nitrogens with two attached hydrogens (primary N) is 1. The molecule has 0 bridgehead atoms. The summed E-state index contributed by atoms with van der Waals surface area (Å²) in [5.74, 6) is -0.881. The maximum atomic E-state index is 14.9. The first-order valence-corrected chi connectivity index (χ1v) is 9.02. The Morgan fingerprint density at radius 3 is 2.64 bits per heavy atom. The van der Waals surface area contributed by atoms with E-state index < -0.39 is 5.91 Å². The molecule has 0 saturated carbocycles. The molecule has 0 atom stereocenters. The lowest BCUT2D eigenvalue weighted by Crippen LogP contribution is -2.11. The standard InChI is InChI=1S/C24H16FN2O/c25-20-12-4-10-18-22-19(24(26)28)11-5-13-21(22)27(23(18)20)14-16-8-3-7-15-6-1-2-9-17(15)16/h1-9,11-13H,14H2,(H2,26,28). The number of carbonyl (C=O) groups excluding carboxylic acids is 1. The second-order valence-corrected chi connectivity index (χ2v) is 6.84. The number of benzene rings is 4. The van der Waals surface area contributed by atoms with Crippen molar-refractivity contribution in [3.05, 3.63) is 95.8 Å². The molecule has 135 valence electrons. The molecule has 0 aliphatic carbocycles. The van der Waals surface area contributed by atoms with E-state index in [2.05, 4.69) is 24.3 Å². The molecule has 1 heterocycles. The molecule has 5 rings (SSSR count). The van der Waals surface area contributed by atoms with Crippen LogP contribution in [-0.2, 0) is 6.54 Å². The Labute approximate surface area is 160 Å². The van der Waals surface area contributed by atoms with Crippen molar-refractivity contribution >= 4 is 38.5 Å². The Morgan fingerprint density at radius 1 is 1.00 bits per heavy atom. The number of nitrogens with zero attached hydrogens (tertiary/aromatic N) is 1. The molecule has 0 fully saturated rings. The van der Waals surface area contributed by atoms with Crippen molar-refractivity contribution < 1.29 is 9.18 Å². The number of fused-ring (bicyclic) bond motifs is 4. The van der Waals surface area contributed by atoms with Crippen molar-refractivity contribution in [2.45, 2.75) is 6.54 Å². The van der Waals surface area contributed by atoms with Crippen molar-refractivity contribution in [3.63, 3.8) is 0 Å². The Kier molecular flexibility index (Phi) is 3.66. The molecule has 0 aliphatic heterocycles. The molecular weight excluding hydrogens is 351 g/mol. The molecule has 0 spiro atoms. The van der Waals surface area contributed by atoms with Crippen LogP contribution in [0.2, 0.25) is 0 Å². The number of carbonyl (C=O) groups is 1. The van der Waals surface area contributed by atoms with E-state index in [0.717, 1.165) is 21.9 Å². The zero-order valence-corrected chi connectivity index (χ0v) is 14.9. The molecule has 1 aromatic heterocycles. The molecule has 28 heavy (non-hydrogen) atoms. The van der Waals surface area contributed by atoms with E-state index in [1.54, 1.807) is 12.1 Å². The van der Waals surface area contributed by atoms with Crippen molar-refractivity contribution in [2.24, 2.45) is 5.73 Å². The molecule has 2 N–H and O–H groups in total. The highest BCUT2D eigenvalue weighted by Gasteiger charge is 2.19. The van der Waals surface area contributed by atoms with Gasteiger partial charge in [-0.15, -0.1) is 0 Å². The molecule has 3 nitrogen and oxygen atoms in total. The smallest absolute Gasteiger partial charge is 0.249 e. The van der Waals surface area contributed by atoms with Gasteiger partial charge in [0.2, 0.25) is 5.91 Å². The van der Waals surface area contributed by atoms with Gasteiger partial charge in [0.15, 0.2) is 0 Å². The van der Waals surface area contributed by atoms with Gasteiger partial charge in [-0.2, -0.15) is 0 Å². The molecule has 4 aromatic carbocycles.